The predicted molar refractivity (Wildman–Crippen MR) is 90.1 cm³/mol. The maximum atomic E-state index is 12.3. The maximum Gasteiger partial charge on any atom is 0.335 e. The van der Waals surface area contributed by atoms with Gasteiger partial charge in [0.15, 0.2) is 0 Å². The number of carboxylic acid groups (broad SMARTS) is 1. The van der Waals surface area contributed by atoms with Crippen molar-refractivity contribution in [3.8, 4) is 0 Å². The first-order chi connectivity index (χ1) is 11.4. The van der Waals surface area contributed by atoms with Gasteiger partial charge in [-0.2, -0.15) is 0 Å². The van der Waals surface area contributed by atoms with Crippen molar-refractivity contribution in [2.24, 2.45) is 0 Å². The summed E-state index contributed by atoms with van der Waals surface area (Å²) in [5.41, 5.74) is 2.67. The molecule has 0 saturated heterocycles. The van der Waals surface area contributed by atoms with Crippen LogP contribution in [0.2, 0.25) is 0 Å². The number of amides is 2. The van der Waals surface area contributed by atoms with Crippen LogP contribution in [0, 0.1) is 6.92 Å². The molecule has 0 aromatic heterocycles. The molecule has 0 saturated carbocycles. The molecule has 0 atom stereocenters. The van der Waals surface area contributed by atoms with E-state index in [2.05, 4.69) is 10.6 Å². The lowest BCUT2D eigenvalue weighted by molar-refractivity contribution is -0.119. The number of carbonyl (C=O) groups is 3. The number of carbonyl (C=O) groups excluding carboxylic acids is 2. The highest BCUT2D eigenvalue weighted by molar-refractivity contribution is 6.05. The van der Waals surface area contributed by atoms with Gasteiger partial charge < -0.3 is 15.7 Å². The Hall–Kier alpha value is -3.15. The molecule has 124 valence electrons. The Labute approximate surface area is 139 Å². The van der Waals surface area contributed by atoms with Crippen molar-refractivity contribution in [3.63, 3.8) is 0 Å². The Balaban J connectivity index is 2.11. The minimum Gasteiger partial charge on any atom is -0.478 e. The average molecular weight is 326 g/mol. The monoisotopic (exact) mass is 326 g/mol. The van der Waals surface area contributed by atoms with E-state index in [0.717, 1.165) is 11.1 Å². The number of carboxylic acids is 1. The van der Waals surface area contributed by atoms with Gasteiger partial charge in [0.05, 0.1) is 5.56 Å². The fourth-order valence-corrected chi connectivity index (χ4v) is 2.08. The van der Waals surface area contributed by atoms with Gasteiger partial charge in [0.1, 0.15) is 0 Å². The summed E-state index contributed by atoms with van der Waals surface area (Å²) in [6.07, 6.45) is 0. The molecule has 2 rings (SSSR count). The summed E-state index contributed by atoms with van der Waals surface area (Å²) in [7, 11) is 0. The molecule has 0 aliphatic carbocycles. The van der Waals surface area contributed by atoms with Crippen molar-refractivity contribution in [2.75, 3.05) is 5.32 Å². The largest absolute Gasteiger partial charge is 0.478 e. The zero-order valence-electron chi connectivity index (χ0n) is 13.4. The molecule has 0 aliphatic heterocycles. The van der Waals surface area contributed by atoms with Crippen LogP contribution >= 0.6 is 0 Å². The molecule has 2 aromatic rings. The van der Waals surface area contributed by atoms with Crippen molar-refractivity contribution >= 4 is 23.5 Å². The molecule has 0 bridgehead atoms. The minimum atomic E-state index is -1.05. The van der Waals surface area contributed by atoms with Crippen molar-refractivity contribution in [1.29, 1.82) is 0 Å². The highest BCUT2D eigenvalue weighted by Gasteiger charge is 2.11. The summed E-state index contributed by atoms with van der Waals surface area (Å²) in [5.74, 6) is -1.50. The van der Waals surface area contributed by atoms with E-state index in [9.17, 15) is 14.4 Å². The number of nitrogens with one attached hydrogen (secondary N) is 2. The maximum absolute atomic E-state index is 12.3. The topological polar surface area (TPSA) is 95.5 Å². The lowest BCUT2D eigenvalue weighted by atomic mass is 10.1. The van der Waals surface area contributed by atoms with Crippen LogP contribution in [0.3, 0.4) is 0 Å². The van der Waals surface area contributed by atoms with E-state index in [-0.39, 0.29) is 17.4 Å². The quantitative estimate of drug-likeness (QED) is 0.787. The molecule has 0 spiro atoms. The second-order valence-electron chi connectivity index (χ2n) is 5.40. The number of aryl methyl sites for hydroxylation is 1. The molecule has 3 N–H and O–H groups in total. The van der Waals surface area contributed by atoms with Crippen LogP contribution in [-0.4, -0.2) is 22.9 Å². The second-order valence-corrected chi connectivity index (χ2v) is 5.40. The van der Waals surface area contributed by atoms with Gasteiger partial charge in [0.2, 0.25) is 5.91 Å². The van der Waals surface area contributed by atoms with Crippen LogP contribution in [0.25, 0.3) is 0 Å². The van der Waals surface area contributed by atoms with E-state index in [0.29, 0.717) is 17.8 Å². The summed E-state index contributed by atoms with van der Waals surface area (Å²) in [6, 6.07) is 11.4. The first kappa shape index (κ1) is 17.2. The smallest absolute Gasteiger partial charge is 0.335 e. The summed E-state index contributed by atoms with van der Waals surface area (Å²) < 4.78 is 0. The fourth-order valence-electron chi connectivity index (χ4n) is 2.08. The molecule has 0 fully saturated rings. The summed E-state index contributed by atoms with van der Waals surface area (Å²) >= 11 is 0. The summed E-state index contributed by atoms with van der Waals surface area (Å²) in [5, 5.41) is 14.4. The summed E-state index contributed by atoms with van der Waals surface area (Å²) in [4.78, 5) is 34.2. The molecule has 6 nitrogen and oxygen atoms in total. The molecule has 0 heterocycles. The van der Waals surface area contributed by atoms with E-state index in [1.807, 2.05) is 0 Å². The van der Waals surface area contributed by atoms with Crippen LogP contribution in [-0.2, 0) is 11.3 Å². The van der Waals surface area contributed by atoms with E-state index >= 15 is 0 Å². The van der Waals surface area contributed by atoms with Crippen LogP contribution in [0.15, 0.2) is 42.5 Å². The van der Waals surface area contributed by atoms with Crippen molar-refractivity contribution in [3.05, 3.63) is 64.7 Å². The second kappa shape index (κ2) is 7.41. The number of benzene rings is 2. The van der Waals surface area contributed by atoms with Crippen molar-refractivity contribution < 1.29 is 19.5 Å². The van der Waals surface area contributed by atoms with E-state index in [4.69, 9.17) is 5.11 Å². The van der Waals surface area contributed by atoms with Gasteiger partial charge in [-0.05, 0) is 42.3 Å². The van der Waals surface area contributed by atoms with Gasteiger partial charge in [0.25, 0.3) is 5.91 Å². The van der Waals surface area contributed by atoms with E-state index in [1.54, 1.807) is 37.3 Å². The highest BCUT2D eigenvalue weighted by Crippen LogP contribution is 2.18. The lowest BCUT2D eigenvalue weighted by Gasteiger charge is -2.10. The molecular weight excluding hydrogens is 308 g/mol. The van der Waals surface area contributed by atoms with Crippen LogP contribution in [0.1, 0.15) is 38.8 Å². The molecule has 0 unspecified atom stereocenters. The molecule has 6 heteroatoms. The third-order valence-corrected chi connectivity index (χ3v) is 3.49. The van der Waals surface area contributed by atoms with Crippen molar-refractivity contribution in [2.45, 2.75) is 20.4 Å². The number of hydrogen-bond acceptors (Lipinski definition) is 3. The number of anilines is 1. The number of hydrogen-bond donors (Lipinski definition) is 3. The minimum absolute atomic E-state index is 0.113. The predicted octanol–water partition coefficient (Wildman–Crippen LogP) is 2.58. The molecule has 24 heavy (non-hydrogen) atoms. The first-order valence-electron chi connectivity index (χ1n) is 7.35. The molecule has 0 radical (unpaired) electrons. The Morgan fingerprint density at radius 2 is 1.62 bits per heavy atom. The fraction of sp³-hybridized carbons (Fsp3) is 0.167. The first-order valence-corrected chi connectivity index (χ1v) is 7.35. The standard InChI is InChI=1S/C18H18N2O4/c1-11-3-6-15(18(23)24)9-16(11)20-17(22)14-7-4-13(5-8-14)10-19-12(2)21/h3-9H,10H2,1-2H3,(H,19,21)(H,20,22)(H,23,24). The van der Waals surface area contributed by atoms with Gasteiger partial charge in [-0.3, -0.25) is 9.59 Å². The number of aromatic carboxylic acids is 1. The average Bonchev–Trinajstić information content (AvgIpc) is 2.55. The summed E-state index contributed by atoms with van der Waals surface area (Å²) in [6.45, 7) is 3.63. The van der Waals surface area contributed by atoms with Crippen molar-refractivity contribution in [1.82, 2.24) is 5.32 Å². The zero-order valence-corrected chi connectivity index (χ0v) is 13.4. The Kier molecular flexibility index (Phi) is 5.31. The third kappa shape index (κ3) is 4.42. The van der Waals surface area contributed by atoms with E-state index in [1.165, 1.54) is 19.1 Å². The van der Waals surface area contributed by atoms with Gasteiger partial charge in [-0.1, -0.05) is 18.2 Å². The third-order valence-electron chi connectivity index (χ3n) is 3.49. The van der Waals surface area contributed by atoms with E-state index < -0.39 is 5.97 Å². The molecule has 2 aromatic carbocycles. The normalized spacial score (nSPS) is 10.1. The zero-order chi connectivity index (χ0) is 17.7. The molecule has 0 aliphatic rings. The van der Waals surface area contributed by atoms with Crippen LogP contribution in [0.4, 0.5) is 5.69 Å². The molecule has 2 amide bonds. The lowest BCUT2D eigenvalue weighted by Crippen LogP contribution is -2.19. The van der Waals surface area contributed by atoms with Crippen LogP contribution < -0.4 is 10.6 Å². The van der Waals surface area contributed by atoms with Gasteiger partial charge in [-0.15, -0.1) is 0 Å². The highest BCUT2D eigenvalue weighted by atomic mass is 16.4. The van der Waals surface area contributed by atoms with Crippen LogP contribution in [0.5, 0.6) is 0 Å². The Bertz CT molecular complexity index is 782. The Morgan fingerprint density at radius 3 is 2.21 bits per heavy atom. The SMILES string of the molecule is CC(=O)NCc1ccc(C(=O)Nc2cc(C(=O)O)ccc2C)cc1. The molecular formula is C18H18N2O4. The Morgan fingerprint density at radius 1 is 1.00 bits per heavy atom. The van der Waals surface area contributed by atoms with Gasteiger partial charge in [0, 0.05) is 24.7 Å². The van der Waals surface area contributed by atoms with Gasteiger partial charge in [-0.25, -0.2) is 4.79 Å². The van der Waals surface area contributed by atoms with Gasteiger partial charge >= 0.3 is 5.97 Å². The number of rotatable bonds is 5.